The molecule has 0 N–H and O–H groups in total. The van der Waals surface area contributed by atoms with E-state index in [1.54, 1.807) is 0 Å². The zero-order valence-electron chi connectivity index (χ0n) is 6.86. The topological polar surface area (TPSA) is 17.1 Å². The first-order valence-electron chi connectivity index (χ1n) is 3.97. The second kappa shape index (κ2) is 2.60. The van der Waals surface area contributed by atoms with Crippen molar-refractivity contribution in [3.63, 3.8) is 0 Å². The molecule has 0 bridgehead atoms. The maximum absolute atomic E-state index is 11.1. The molecule has 0 amide bonds. The number of hydrogen-bond donors (Lipinski definition) is 0. The minimum Gasteiger partial charge on any atom is -0.299 e. The number of aryl methyl sites for hydroxylation is 1. The van der Waals surface area contributed by atoms with Crippen molar-refractivity contribution in [2.45, 2.75) is 19.8 Å². The zero-order chi connectivity index (χ0) is 8.72. The Bertz CT molecular complexity index is 322. The lowest BCUT2D eigenvalue weighted by atomic mass is 10.1. The first-order valence-corrected chi connectivity index (χ1v) is 4.35. The third-order valence-corrected chi connectivity index (χ3v) is 2.71. The van der Waals surface area contributed by atoms with Crippen molar-refractivity contribution in [1.29, 1.82) is 0 Å². The SMILES string of the molecule is Cc1ccc(Cl)c2c1CC(=O)C2. The van der Waals surface area contributed by atoms with E-state index in [9.17, 15) is 4.79 Å². The number of fused-ring (bicyclic) bond motifs is 1. The lowest BCUT2D eigenvalue weighted by molar-refractivity contribution is -0.117. The second-order valence-corrected chi connectivity index (χ2v) is 3.62. The van der Waals surface area contributed by atoms with E-state index in [1.165, 1.54) is 5.56 Å². The molecule has 0 radical (unpaired) electrons. The van der Waals surface area contributed by atoms with Gasteiger partial charge in [-0.3, -0.25) is 4.79 Å². The maximum Gasteiger partial charge on any atom is 0.141 e. The average Bonchev–Trinajstić information content (AvgIpc) is 2.41. The molecule has 0 heterocycles. The van der Waals surface area contributed by atoms with Crippen LogP contribution in [-0.2, 0) is 17.6 Å². The number of carbonyl (C=O) groups excluding carboxylic acids is 1. The highest BCUT2D eigenvalue weighted by Crippen LogP contribution is 2.29. The lowest BCUT2D eigenvalue weighted by Crippen LogP contribution is -1.93. The molecule has 0 spiro atoms. The first-order chi connectivity index (χ1) is 5.68. The Hall–Kier alpha value is -0.820. The van der Waals surface area contributed by atoms with Crippen molar-refractivity contribution in [3.8, 4) is 0 Å². The van der Waals surface area contributed by atoms with Crippen LogP contribution in [0.3, 0.4) is 0 Å². The third kappa shape index (κ3) is 1.05. The fourth-order valence-corrected chi connectivity index (χ4v) is 1.92. The van der Waals surface area contributed by atoms with Gasteiger partial charge in [-0.2, -0.15) is 0 Å². The molecule has 0 aromatic heterocycles. The van der Waals surface area contributed by atoms with Gasteiger partial charge >= 0.3 is 0 Å². The smallest absolute Gasteiger partial charge is 0.141 e. The Balaban J connectivity index is 2.64. The number of carbonyl (C=O) groups is 1. The average molecular weight is 181 g/mol. The van der Waals surface area contributed by atoms with Crippen molar-refractivity contribution in [2.24, 2.45) is 0 Å². The fourth-order valence-electron chi connectivity index (χ4n) is 1.68. The van der Waals surface area contributed by atoms with Crippen LogP contribution in [0.5, 0.6) is 0 Å². The summed E-state index contributed by atoms with van der Waals surface area (Å²) in [7, 11) is 0. The lowest BCUT2D eigenvalue weighted by Gasteiger charge is -2.03. The number of ketones is 1. The molecular formula is C10H9ClO. The molecule has 0 fully saturated rings. The van der Waals surface area contributed by atoms with Crippen LogP contribution in [0.25, 0.3) is 0 Å². The molecule has 1 nitrogen and oxygen atoms in total. The van der Waals surface area contributed by atoms with Crippen LogP contribution in [0.4, 0.5) is 0 Å². The molecule has 1 aliphatic carbocycles. The summed E-state index contributed by atoms with van der Waals surface area (Å²) in [5.74, 6) is 0.279. The minimum atomic E-state index is 0.279. The number of Topliss-reactive ketones (excluding diaryl/α,β-unsaturated/α-hetero) is 1. The van der Waals surface area contributed by atoms with E-state index in [0.717, 1.165) is 16.1 Å². The van der Waals surface area contributed by atoms with Crippen LogP contribution in [0.1, 0.15) is 16.7 Å². The maximum atomic E-state index is 11.1. The van der Waals surface area contributed by atoms with Gasteiger partial charge in [0.2, 0.25) is 0 Å². The van der Waals surface area contributed by atoms with Gasteiger partial charge < -0.3 is 0 Å². The third-order valence-electron chi connectivity index (χ3n) is 2.36. The van der Waals surface area contributed by atoms with Crippen molar-refractivity contribution in [1.82, 2.24) is 0 Å². The standard InChI is InChI=1S/C10H9ClO/c1-6-2-3-10(11)9-5-7(12)4-8(6)9/h2-3H,4-5H2,1H3. The van der Waals surface area contributed by atoms with Gasteiger partial charge in [0.05, 0.1) is 0 Å². The molecule has 0 atom stereocenters. The molecule has 0 aliphatic heterocycles. The monoisotopic (exact) mass is 180 g/mol. The van der Waals surface area contributed by atoms with Crippen LogP contribution >= 0.6 is 11.6 Å². The summed E-state index contributed by atoms with van der Waals surface area (Å²) in [6.45, 7) is 2.02. The van der Waals surface area contributed by atoms with E-state index >= 15 is 0 Å². The van der Waals surface area contributed by atoms with Gasteiger partial charge in [-0.05, 0) is 29.7 Å². The number of halogens is 1. The van der Waals surface area contributed by atoms with Gasteiger partial charge in [-0.15, -0.1) is 0 Å². The highest BCUT2D eigenvalue weighted by atomic mass is 35.5. The molecule has 2 heteroatoms. The van der Waals surface area contributed by atoms with Gasteiger partial charge in [-0.1, -0.05) is 17.7 Å². The van der Waals surface area contributed by atoms with Crippen molar-refractivity contribution < 1.29 is 4.79 Å². The summed E-state index contributed by atoms with van der Waals surface area (Å²) in [5.41, 5.74) is 3.37. The summed E-state index contributed by atoms with van der Waals surface area (Å²) in [6, 6.07) is 3.84. The predicted octanol–water partition coefficient (Wildman–Crippen LogP) is 2.32. The van der Waals surface area contributed by atoms with E-state index < -0.39 is 0 Å². The minimum absolute atomic E-state index is 0.279. The number of hydrogen-bond acceptors (Lipinski definition) is 1. The normalized spacial score (nSPS) is 15.0. The fraction of sp³-hybridized carbons (Fsp3) is 0.300. The molecular weight excluding hydrogens is 172 g/mol. The van der Waals surface area contributed by atoms with Crippen LogP contribution < -0.4 is 0 Å². The molecule has 1 aliphatic rings. The van der Waals surface area contributed by atoms with E-state index in [4.69, 9.17) is 11.6 Å². The van der Waals surface area contributed by atoms with Crippen molar-refractivity contribution in [2.75, 3.05) is 0 Å². The summed E-state index contributed by atoms with van der Waals surface area (Å²) < 4.78 is 0. The molecule has 0 saturated heterocycles. The number of benzene rings is 1. The van der Waals surface area contributed by atoms with E-state index in [2.05, 4.69) is 0 Å². The summed E-state index contributed by atoms with van der Waals surface area (Å²) >= 11 is 5.95. The van der Waals surface area contributed by atoms with Gasteiger partial charge in [0.1, 0.15) is 5.78 Å². The van der Waals surface area contributed by atoms with Gasteiger partial charge in [-0.25, -0.2) is 0 Å². The summed E-state index contributed by atoms with van der Waals surface area (Å²) in [5, 5.41) is 0.737. The van der Waals surface area contributed by atoms with Crippen LogP contribution in [0.15, 0.2) is 12.1 Å². The molecule has 62 valence electrons. The van der Waals surface area contributed by atoms with Gasteiger partial charge in [0, 0.05) is 17.9 Å². The second-order valence-electron chi connectivity index (χ2n) is 3.21. The number of rotatable bonds is 0. The quantitative estimate of drug-likeness (QED) is 0.599. The van der Waals surface area contributed by atoms with E-state index in [-0.39, 0.29) is 5.78 Å². The molecule has 1 aromatic carbocycles. The Morgan fingerprint density at radius 2 is 1.92 bits per heavy atom. The molecule has 2 rings (SSSR count). The van der Waals surface area contributed by atoms with Crippen LogP contribution in [0, 0.1) is 6.92 Å². The molecule has 1 aromatic rings. The first kappa shape index (κ1) is 7.81. The highest BCUT2D eigenvalue weighted by Gasteiger charge is 2.21. The van der Waals surface area contributed by atoms with Crippen molar-refractivity contribution in [3.05, 3.63) is 33.8 Å². The Kier molecular flexibility index (Phi) is 1.69. The largest absolute Gasteiger partial charge is 0.299 e. The Morgan fingerprint density at radius 3 is 2.58 bits per heavy atom. The van der Waals surface area contributed by atoms with Crippen molar-refractivity contribution >= 4 is 17.4 Å². The molecule has 0 saturated carbocycles. The Morgan fingerprint density at radius 1 is 1.25 bits per heavy atom. The van der Waals surface area contributed by atoms with Gasteiger partial charge in [0.15, 0.2) is 0 Å². The van der Waals surface area contributed by atoms with Crippen LogP contribution in [-0.4, -0.2) is 5.78 Å². The molecule has 0 unspecified atom stereocenters. The summed E-state index contributed by atoms with van der Waals surface area (Å²) in [6.07, 6.45) is 1.09. The predicted molar refractivity (Wildman–Crippen MR) is 48.6 cm³/mol. The highest BCUT2D eigenvalue weighted by molar-refractivity contribution is 6.32. The van der Waals surface area contributed by atoms with E-state index in [1.807, 2.05) is 19.1 Å². The summed E-state index contributed by atoms with van der Waals surface area (Å²) in [4.78, 5) is 11.1. The Labute approximate surface area is 76.4 Å². The van der Waals surface area contributed by atoms with E-state index in [0.29, 0.717) is 12.8 Å². The molecule has 12 heavy (non-hydrogen) atoms. The zero-order valence-corrected chi connectivity index (χ0v) is 7.61. The van der Waals surface area contributed by atoms with Crippen LogP contribution in [0.2, 0.25) is 5.02 Å². The van der Waals surface area contributed by atoms with Gasteiger partial charge in [0.25, 0.3) is 0 Å².